The summed E-state index contributed by atoms with van der Waals surface area (Å²) >= 11 is 1.40. The van der Waals surface area contributed by atoms with Gasteiger partial charge in [0.2, 0.25) is 11.1 Å². The predicted molar refractivity (Wildman–Crippen MR) is 43.7 cm³/mol. The van der Waals surface area contributed by atoms with Gasteiger partial charge in [0.15, 0.2) is 0 Å². The van der Waals surface area contributed by atoms with Gasteiger partial charge in [-0.25, -0.2) is 4.68 Å². The highest BCUT2D eigenvalue weighted by Gasteiger charge is 2.06. The standard InChI is InChI=1S/C5H9N5OS/c1-6-4(11)3-10-5(12-2)7-8-9-10/h3H2,1-2H3,(H,6,11). The van der Waals surface area contributed by atoms with Gasteiger partial charge in [-0.15, -0.1) is 5.10 Å². The fourth-order valence-electron chi connectivity index (χ4n) is 0.657. The van der Waals surface area contributed by atoms with Crippen molar-refractivity contribution in [2.75, 3.05) is 13.3 Å². The highest BCUT2D eigenvalue weighted by molar-refractivity contribution is 7.98. The SMILES string of the molecule is CNC(=O)Cn1nnnc1SC. The fraction of sp³-hybridized carbons (Fsp3) is 0.600. The number of carbonyl (C=O) groups is 1. The van der Waals surface area contributed by atoms with Crippen LogP contribution in [0.1, 0.15) is 0 Å². The quantitative estimate of drug-likeness (QED) is 0.623. The molecule has 0 saturated carbocycles. The number of nitrogens with zero attached hydrogens (tertiary/aromatic N) is 4. The molecule has 0 aliphatic rings. The number of amides is 1. The zero-order valence-electron chi connectivity index (χ0n) is 6.81. The van der Waals surface area contributed by atoms with Crippen molar-refractivity contribution in [2.45, 2.75) is 11.7 Å². The molecule has 0 bridgehead atoms. The third-order valence-electron chi connectivity index (χ3n) is 1.25. The molecule has 0 spiro atoms. The number of likely N-dealkylation sites (N-methyl/N-ethyl adjacent to an activating group) is 1. The van der Waals surface area contributed by atoms with Crippen LogP contribution in [-0.4, -0.2) is 39.4 Å². The Balaban J connectivity index is 2.68. The lowest BCUT2D eigenvalue weighted by Crippen LogP contribution is -2.24. The van der Waals surface area contributed by atoms with Crippen LogP contribution in [0, 0.1) is 0 Å². The van der Waals surface area contributed by atoms with Gasteiger partial charge in [-0.1, -0.05) is 11.8 Å². The number of aromatic nitrogens is 4. The van der Waals surface area contributed by atoms with Crippen molar-refractivity contribution in [2.24, 2.45) is 0 Å². The van der Waals surface area contributed by atoms with Crippen LogP contribution in [-0.2, 0) is 11.3 Å². The van der Waals surface area contributed by atoms with E-state index >= 15 is 0 Å². The largest absolute Gasteiger partial charge is 0.358 e. The van der Waals surface area contributed by atoms with E-state index in [1.807, 2.05) is 6.26 Å². The van der Waals surface area contributed by atoms with Gasteiger partial charge >= 0.3 is 0 Å². The summed E-state index contributed by atoms with van der Waals surface area (Å²) in [5.74, 6) is -0.113. The van der Waals surface area contributed by atoms with E-state index in [0.29, 0.717) is 5.16 Å². The van der Waals surface area contributed by atoms with Crippen LogP contribution in [0.2, 0.25) is 0 Å². The molecule has 0 atom stereocenters. The monoisotopic (exact) mass is 187 g/mol. The Morgan fingerprint density at radius 1 is 1.75 bits per heavy atom. The second-order valence-corrected chi connectivity index (χ2v) is 2.77. The van der Waals surface area contributed by atoms with Gasteiger partial charge in [-0.2, -0.15) is 0 Å². The summed E-state index contributed by atoms with van der Waals surface area (Å²) in [6.07, 6.45) is 1.85. The second kappa shape index (κ2) is 4.05. The molecule has 0 saturated heterocycles. The molecule has 1 rings (SSSR count). The van der Waals surface area contributed by atoms with Gasteiger partial charge in [-0.05, 0) is 16.7 Å². The van der Waals surface area contributed by atoms with Gasteiger partial charge in [0, 0.05) is 7.05 Å². The first-order chi connectivity index (χ1) is 5.77. The van der Waals surface area contributed by atoms with E-state index in [1.54, 1.807) is 7.05 Å². The Morgan fingerprint density at radius 2 is 2.50 bits per heavy atom. The summed E-state index contributed by atoms with van der Waals surface area (Å²) < 4.78 is 1.45. The Morgan fingerprint density at radius 3 is 3.08 bits per heavy atom. The van der Waals surface area contributed by atoms with Crippen molar-refractivity contribution in [1.82, 2.24) is 25.5 Å². The van der Waals surface area contributed by atoms with Crippen LogP contribution in [0.15, 0.2) is 5.16 Å². The molecule has 0 fully saturated rings. The molecule has 0 radical (unpaired) electrons. The average Bonchev–Trinajstić information content (AvgIpc) is 2.51. The lowest BCUT2D eigenvalue weighted by atomic mass is 10.6. The number of nitrogens with one attached hydrogen (secondary N) is 1. The molecule has 1 amide bonds. The van der Waals surface area contributed by atoms with E-state index in [1.165, 1.54) is 16.4 Å². The first kappa shape index (κ1) is 8.98. The molecule has 66 valence electrons. The highest BCUT2D eigenvalue weighted by atomic mass is 32.2. The highest BCUT2D eigenvalue weighted by Crippen LogP contribution is 2.07. The number of hydrogen-bond acceptors (Lipinski definition) is 5. The third kappa shape index (κ3) is 1.94. The Labute approximate surface area is 73.7 Å². The minimum absolute atomic E-state index is 0.113. The normalized spacial score (nSPS) is 9.83. The molecule has 1 heterocycles. The number of rotatable bonds is 3. The molecule has 1 N–H and O–H groups in total. The molecule has 12 heavy (non-hydrogen) atoms. The lowest BCUT2D eigenvalue weighted by Gasteiger charge is -1.99. The molecule has 0 aromatic carbocycles. The molecule has 0 unspecified atom stereocenters. The number of carbonyl (C=O) groups excluding carboxylic acids is 1. The molecule has 1 aromatic rings. The van der Waals surface area contributed by atoms with Crippen LogP contribution in [0.5, 0.6) is 0 Å². The molecule has 0 aliphatic heterocycles. The summed E-state index contributed by atoms with van der Waals surface area (Å²) in [5, 5.41) is 13.9. The van der Waals surface area contributed by atoms with Gasteiger partial charge in [0.25, 0.3) is 0 Å². The van der Waals surface area contributed by atoms with Gasteiger partial charge in [-0.3, -0.25) is 4.79 Å². The molecule has 7 heteroatoms. The third-order valence-corrected chi connectivity index (χ3v) is 1.91. The fourth-order valence-corrected chi connectivity index (χ4v) is 1.09. The van der Waals surface area contributed by atoms with Crippen LogP contribution >= 0.6 is 11.8 Å². The summed E-state index contributed by atoms with van der Waals surface area (Å²) in [7, 11) is 1.57. The van der Waals surface area contributed by atoms with Crippen LogP contribution in [0.25, 0.3) is 0 Å². The number of tetrazole rings is 1. The summed E-state index contributed by atoms with van der Waals surface area (Å²) in [4.78, 5) is 10.9. The number of thioether (sulfide) groups is 1. The molecule has 0 aliphatic carbocycles. The Kier molecular flexibility index (Phi) is 3.03. The minimum atomic E-state index is -0.113. The van der Waals surface area contributed by atoms with Gasteiger partial charge < -0.3 is 5.32 Å². The molecular weight excluding hydrogens is 178 g/mol. The van der Waals surface area contributed by atoms with Crippen LogP contribution < -0.4 is 5.32 Å². The first-order valence-electron chi connectivity index (χ1n) is 3.28. The van der Waals surface area contributed by atoms with Crippen molar-refractivity contribution in [3.8, 4) is 0 Å². The summed E-state index contributed by atoms with van der Waals surface area (Å²) in [5.41, 5.74) is 0. The molecule has 1 aromatic heterocycles. The van der Waals surface area contributed by atoms with Crippen molar-refractivity contribution < 1.29 is 4.79 Å². The van der Waals surface area contributed by atoms with Crippen LogP contribution in [0.4, 0.5) is 0 Å². The van der Waals surface area contributed by atoms with Gasteiger partial charge in [0.1, 0.15) is 6.54 Å². The molecular formula is C5H9N5OS. The van der Waals surface area contributed by atoms with Crippen LogP contribution in [0.3, 0.4) is 0 Å². The maximum Gasteiger partial charge on any atom is 0.241 e. The predicted octanol–water partition coefficient (Wildman–Crippen LogP) is -0.859. The van der Waals surface area contributed by atoms with E-state index in [2.05, 4.69) is 20.8 Å². The maximum absolute atomic E-state index is 10.9. The Hall–Kier alpha value is -1.11. The van der Waals surface area contributed by atoms with Crippen molar-refractivity contribution in [3.05, 3.63) is 0 Å². The first-order valence-corrected chi connectivity index (χ1v) is 4.51. The van der Waals surface area contributed by atoms with Gasteiger partial charge in [0.05, 0.1) is 0 Å². The van der Waals surface area contributed by atoms with E-state index in [-0.39, 0.29) is 12.5 Å². The average molecular weight is 187 g/mol. The lowest BCUT2D eigenvalue weighted by molar-refractivity contribution is -0.121. The van der Waals surface area contributed by atoms with Crippen molar-refractivity contribution >= 4 is 17.7 Å². The minimum Gasteiger partial charge on any atom is -0.358 e. The van der Waals surface area contributed by atoms with E-state index in [0.717, 1.165) is 0 Å². The van der Waals surface area contributed by atoms with E-state index in [4.69, 9.17) is 0 Å². The van der Waals surface area contributed by atoms with E-state index in [9.17, 15) is 4.79 Å². The zero-order valence-corrected chi connectivity index (χ0v) is 7.63. The zero-order chi connectivity index (χ0) is 8.97. The molecule has 6 nitrogen and oxygen atoms in total. The smallest absolute Gasteiger partial charge is 0.241 e. The summed E-state index contributed by atoms with van der Waals surface area (Å²) in [6.45, 7) is 0.166. The second-order valence-electron chi connectivity index (χ2n) is 2.00. The topological polar surface area (TPSA) is 72.7 Å². The number of hydrogen-bond donors (Lipinski definition) is 1. The maximum atomic E-state index is 10.9. The van der Waals surface area contributed by atoms with Crippen molar-refractivity contribution in [1.29, 1.82) is 0 Å². The summed E-state index contributed by atoms with van der Waals surface area (Å²) in [6, 6.07) is 0. The van der Waals surface area contributed by atoms with E-state index < -0.39 is 0 Å². The Bertz CT molecular complexity index is 273. The van der Waals surface area contributed by atoms with Crippen molar-refractivity contribution in [3.63, 3.8) is 0 Å².